The number of likely N-dealkylation sites (N-methyl/N-ethyl adjacent to an activating group) is 1. The van der Waals surface area contributed by atoms with Crippen LogP contribution in [-0.4, -0.2) is 41.8 Å². The van der Waals surface area contributed by atoms with Crippen LogP contribution < -0.4 is 4.74 Å². The standard InChI is InChI=1S/C16H21N3O2/c1-16(2,15(20)18(3)4)19-11-10-13(17-19)12-8-6-7-9-14(12)21-5/h6-11H,1-5H3. The van der Waals surface area contributed by atoms with E-state index in [2.05, 4.69) is 5.10 Å². The lowest BCUT2D eigenvalue weighted by molar-refractivity contribution is -0.137. The van der Waals surface area contributed by atoms with E-state index in [1.807, 2.05) is 50.4 Å². The summed E-state index contributed by atoms with van der Waals surface area (Å²) in [6, 6.07) is 9.59. The molecule has 0 fully saturated rings. The van der Waals surface area contributed by atoms with Crippen LogP contribution >= 0.6 is 0 Å². The highest BCUT2D eigenvalue weighted by molar-refractivity contribution is 5.83. The third-order valence-electron chi connectivity index (χ3n) is 3.47. The van der Waals surface area contributed by atoms with E-state index in [0.29, 0.717) is 0 Å². The first-order valence-corrected chi connectivity index (χ1v) is 6.79. The number of ether oxygens (including phenoxy) is 1. The third kappa shape index (κ3) is 2.77. The van der Waals surface area contributed by atoms with Crippen molar-refractivity contribution >= 4 is 5.91 Å². The Kier molecular flexibility index (Phi) is 4.02. The highest BCUT2D eigenvalue weighted by Crippen LogP contribution is 2.29. The molecule has 0 radical (unpaired) electrons. The number of benzene rings is 1. The normalized spacial score (nSPS) is 11.3. The van der Waals surface area contributed by atoms with Gasteiger partial charge in [-0.1, -0.05) is 12.1 Å². The van der Waals surface area contributed by atoms with Crippen molar-refractivity contribution < 1.29 is 9.53 Å². The summed E-state index contributed by atoms with van der Waals surface area (Å²) < 4.78 is 7.05. The first-order valence-electron chi connectivity index (χ1n) is 6.79. The van der Waals surface area contributed by atoms with Crippen LogP contribution in [0, 0.1) is 0 Å². The second kappa shape index (κ2) is 5.60. The number of hydrogen-bond donors (Lipinski definition) is 0. The molecule has 0 saturated heterocycles. The molecule has 2 rings (SSSR count). The number of hydrogen-bond acceptors (Lipinski definition) is 3. The second-order valence-electron chi connectivity index (χ2n) is 5.60. The SMILES string of the molecule is COc1ccccc1-c1ccn(C(C)(C)C(=O)N(C)C)n1. The zero-order chi connectivity index (χ0) is 15.6. The molecule has 0 aliphatic carbocycles. The molecule has 1 amide bonds. The van der Waals surface area contributed by atoms with Crippen LogP contribution in [0.5, 0.6) is 5.75 Å². The smallest absolute Gasteiger partial charge is 0.249 e. The minimum atomic E-state index is -0.732. The van der Waals surface area contributed by atoms with Gasteiger partial charge in [0.2, 0.25) is 5.91 Å². The Hall–Kier alpha value is -2.30. The van der Waals surface area contributed by atoms with E-state index in [1.165, 1.54) is 0 Å². The van der Waals surface area contributed by atoms with Crippen molar-refractivity contribution in [2.45, 2.75) is 19.4 Å². The van der Waals surface area contributed by atoms with Crippen molar-refractivity contribution in [2.24, 2.45) is 0 Å². The molecule has 21 heavy (non-hydrogen) atoms. The van der Waals surface area contributed by atoms with Gasteiger partial charge in [0.15, 0.2) is 0 Å². The first-order chi connectivity index (χ1) is 9.87. The van der Waals surface area contributed by atoms with Gasteiger partial charge >= 0.3 is 0 Å². The minimum absolute atomic E-state index is 0.00261. The Balaban J connectivity index is 2.40. The Labute approximate surface area is 125 Å². The predicted molar refractivity (Wildman–Crippen MR) is 82.2 cm³/mol. The third-order valence-corrected chi connectivity index (χ3v) is 3.47. The number of methoxy groups -OCH3 is 1. The fourth-order valence-electron chi connectivity index (χ4n) is 2.28. The van der Waals surface area contributed by atoms with Gasteiger partial charge in [-0.05, 0) is 32.0 Å². The van der Waals surface area contributed by atoms with Crippen LogP contribution in [0.3, 0.4) is 0 Å². The average molecular weight is 287 g/mol. The van der Waals surface area contributed by atoms with E-state index in [4.69, 9.17) is 4.74 Å². The topological polar surface area (TPSA) is 47.4 Å². The zero-order valence-corrected chi connectivity index (χ0v) is 13.1. The van der Waals surface area contributed by atoms with E-state index in [1.54, 1.807) is 30.8 Å². The number of carbonyl (C=O) groups is 1. The molecule has 0 aliphatic rings. The zero-order valence-electron chi connectivity index (χ0n) is 13.1. The fraction of sp³-hybridized carbons (Fsp3) is 0.375. The molecule has 0 saturated carbocycles. The minimum Gasteiger partial charge on any atom is -0.496 e. The Morgan fingerprint density at radius 1 is 1.24 bits per heavy atom. The molecule has 1 aromatic heterocycles. The highest BCUT2D eigenvalue weighted by atomic mass is 16.5. The lowest BCUT2D eigenvalue weighted by atomic mass is 10.0. The summed E-state index contributed by atoms with van der Waals surface area (Å²) in [6.45, 7) is 3.71. The first kappa shape index (κ1) is 15.1. The number of rotatable bonds is 4. The Morgan fingerprint density at radius 2 is 1.90 bits per heavy atom. The second-order valence-corrected chi connectivity index (χ2v) is 5.60. The quantitative estimate of drug-likeness (QED) is 0.867. The molecule has 112 valence electrons. The molecule has 0 atom stereocenters. The van der Waals surface area contributed by atoms with E-state index < -0.39 is 5.54 Å². The van der Waals surface area contributed by atoms with Crippen molar-refractivity contribution in [3.63, 3.8) is 0 Å². The van der Waals surface area contributed by atoms with Gasteiger partial charge in [0.05, 0.1) is 12.8 Å². The maximum absolute atomic E-state index is 12.3. The van der Waals surface area contributed by atoms with Crippen molar-refractivity contribution in [1.82, 2.24) is 14.7 Å². The van der Waals surface area contributed by atoms with E-state index in [0.717, 1.165) is 17.0 Å². The Bertz CT molecular complexity index is 644. The number of amides is 1. The fourth-order valence-corrected chi connectivity index (χ4v) is 2.28. The predicted octanol–water partition coefficient (Wildman–Crippen LogP) is 2.38. The van der Waals surface area contributed by atoms with Crippen LogP contribution in [0.4, 0.5) is 0 Å². The van der Waals surface area contributed by atoms with Gasteiger partial charge < -0.3 is 9.64 Å². The molecule has 0 N–H and O–H groups in total. The molecule has 0 spiro atoms. The van der Waals surface area contributed by atoms with E-state index >= 15 is 0 Å². The van der Waals surface area contributed by atoms with Gasteiger partial charge in [0.25, 0.3) is 0 Å². The maximum atomic E-state index is 12.3. The number of para-hydroxylation sites is 1. The van der Waals surface area contributed by atoms with Gasteiger partial charge in [0.1, 0.15) is 11.3 Å². The van der Waals surface area contributed by atoms with Crippen molar-refractivity contribution in [3.8, 4) is 17.0 Å². The maximum Gasteiger partial charge on any atom is 0.249 e. The van der Waals surface area contributed by atoms with E-state index in [9.17, 15) is 4.79 Å². The van der Waals surface area contributed by atoms with Gasteiger partial charge in [-0.2, -0.15) is 5.10 Å². The van der Waals surface area contributed by atoms with E-state index in [-0.39, 0.29) is 5.91 Å². The summed E-state index contributed by atoms with van der Waals surface area (Å²) in [5, 5.41) is 4.55. The molecule has 5 heteroatoms. The summed E-state index contributed by atoms with van der Waals surface area (Å²) >= 11 is 0. The van der Waals surface area contributed by atoms with Gasteiger partial charge in [-0.15, -0.1) is 0 Å². The van der Waals surface area contributed by atoms with Crippen LogP contribution in [0.1, 0.15) is 13.8 Å². The molecule has 1 aromatic carbocycles. The number of nitrogens with zero attached hydrogens (tertiary/aromatic N) is 3. The van der Waals surface area contributed by atoms with Crippen molar-refractivity contribution in [2.75, 3.05) is 21.2 Å². The lowest BCUT2D eigenvalue weighted by Gasteiger charge is -2.27. The van der Waals surface area contributed by atoms with Crippen LogP contribution in [-0.2, 0) is 10.3 Å². The lowest BCUT2D eigenvalue weighted by Crippen LogP contribution is -2.44. The molecule has 1 heterocycles. The summed E-state index contributed by atoms with van der Waals surface area (Å²) in [7, 11) is 5.12. The van der Waals surface area contributed by atoms with Gasteiger partial charge in [-0.3, -0.25) is 9.48 Å². The molecular formula is C16H21N3O2. The molecule has 0 bridgehead atoms. The largest absolute Gasteiger partial charge is 0.496 e. The van der Waals surface area contributed by atoms with Crippen molar-refractivity contribution in [3.05, 3.63) is 36.5 Å². The molecule has 0 aliphatic heterocycles. The molecule has 5 nitrogen and oxygen atoms in total. The number of carbonyl (C=O) groups excluding carboxylic acids is 1. The average Bonchev–Trinajstić information content (AvgIpc) is 2.96. The molecule has 2 aromatic rings. The van der Waals surface area contributed by atoms with Crippen LogP contribution in [0.2, 0.25) is 0 Å². The monoisotopic (exact) mass is 287 g/mol. The summed E-state index contributed by atoms with van der Waals surface area (Å²) in [5.74, 6) is 0.761. The Morgan fingerprint density at radius 3 is 2.52 bits per heavy atom. The number of aromatic nitrogens is 2. The molecule has 0 unspecified atom stereocenters. The van der Waals surface area contributed by atoms with Gasteiger partial charge in [-0.25, -0.2) is 0 Å². The highest BCUT2D eigenvalue weighted by Gasteiger charge is 2.32. The molecular weight excluding hydrogens is 266 g/mol. The summed E-state index contributed by atoms with van der Waals surface area (Å²) in [5.41, 5.74) is 0.961. The van der Waals surface area contributed by atoms with Gasteiger partial charge in [0, 0.05) is 25.9 Å². The van der Waals surface area contributed by atoms with Crippen LogP contribution in [0.15, 0.2) is 36.5 Å². The summed E-state index contributed by atoms with van der Waals surface area (Å²) in [6.07, 6.45) is 1.82. The van der Waals surface area contributed by atoms with Crippen molar-refractivity contribution in [1.29, 1.82) is 0 Å². The van der Waals surface area contributed by atoms with Crippen LogP contribution in [0.25, 0.3) is 11.3 Å². The summed E-state index contributed by atoms with van der Waals surface area (Å²) in [4.78, 5) is 13.8.